The summed E-state index contributed by atoms with van der Waals surface area (Å²) in [7, 11) is 0. The number of hydrogen-bond acceptors (Lipinski definition) is 5. The van der Waals surface area contributed by atoms with Crippen LogP contribution in [0, 0.1) is 0 Å². The Kier molecular flexibility index (Phi) is 2.83. The molecule has 0 bridgehead atoms. The van der Waals surface area contributed by atoms with Crippen LogP contribution in [0.4, 0.5) is 5.69 Å². The van der Waals surface area contributed by atoms with Gasteiger partial charge in [0.05, 0.1) is 11.7 Å². The van der Waals surface area contributed by atoms with Crippen molar-refractivity contribution in [2.24, 2.45) is 0 Å². The third-order valence-corrected chi connectivity index (χ3v) is 3.14. The minimum absolute atomic E-state index is 0.318. The molecule has 3 rings (SSSR count). The van der Waals surface area contributed by atoms with Gasteiger partial charge in [-0.3, -0.25) is 5.10 Å². The molecule has 1 aromatic heterocycles. The van der Waals surface area contributed by atoms with E-state index < -0.39 is 5.75 Å². The topological polar surface area (TPSA) is 101 Å². The summed E-state index contributed by atoms with van der Waals surface area (Å²) in [6, 6.07) is 8.60. The number of H-pyrrole nitrogens is 1. The quantitative estimate of drug-likeness (QED) is 0.470. The smallest absolute Gasteiger partial charge is 0.200 e. The molecule has 0 aliphatic carbocycles. The molecule has 0 fully saturated rings. The number of hydrogen-bond donors (Lipinski definition) is 5. The van der Waals surface area contributed by atoms with Crippen LogP contribution in [-0.4, -0.2) is 25.5 Å². The summed E-state index contributed by atoms with van der Waals surface area (Å²) in [6.45, 7) is 0.322. The molecule has 102 valence electrons. The highest BCUT2D eigenvalue weighted by molar-refractivity contribution is 5.81. The molecule has 0 atom stereocenters. The number of rotatable bonds is 3. The number of nitrogens with zero attached hydrogens (tertiary/aromatic N) is 1. The molecule has 0 saturated heterocycles. The minimum atomic E-state index is -0.505. The van der Waals surface area contributed by atoms with Crippen molar-refractivity contribution in [1.82, 2.24) is 10.2 Å². The molecular formula is C14H13N3O3. The fourth-order valence-corrected chi connectivity index (χ4v) is 2.00. The van der Waals surface area contributed by atoms with Crippen molar-refractivity contribution in [3.8, 4) is 17.2 Å². The molecule has 0 aliphatic heterocycles. The third kappa shape index (κ3) is 2.07. The number of phenols is 3. The van der Waals surface area contributed by atoms with E-state index in [2.05, 4.69) is 15.5 Å². The second-order valence-electron chi connectivity index (χ2n) is 4.47. The van der Waals surface area contributed by atoms with Crippen LogP contribution in [0.25, 0.3) is 10.9 Å². The van der Waals surface area contributed by atoms with E-state index in [1.807, 2.05) is 18.2 Å². The zero-order valence-electron chi connectivity index (χ0n) is 10.5. The van der Waals surface area contributed by atoms with Crippen molar-refractivity contribution in [3.63, 3.8) is 0 Å². The van der Waals surface area contributed by atoms with Gasteiger partial charge < -0.3 is 20.6 Å². The first-order valence-electron chi connectivity index (χ1n) is 6.05. The second-order valence-corrected chi connectivity index (χ2v) is 4.47. The maximum atomic E-state index is 9.73. The lowest BCUT2D eigenvalue weighted by atomic mass is 10.1. The lowest BCUT2D eigenvalue weighted by molar-refractivity contribution is 0.365. The third-order valence-electron chi connectivity index (χ3n) is 3.14. The molecule has 6 heteroatoms. The largest absolute Gasteiger partial charge is 0.504 e. The summed E-state index contributed by atoms with van der Waals surface area (Å²) < 4.78 is 0. The first kappa shape index (κ1) is 12.2. The molecule has 0 amide bonds. The number of fused-ring (bicyclic) bond motifs is 1. The molecule has 3 aromatic rings. The number of aromatic amines is 1. The summed E-state index contributed by atoms with van der Waals surface area (Å²) in [6.07, 6.45) is 1.73. The SMILES string of the molecule is Oc1ccc(CNc2ccc3[nH]ncc3c2)c(O)c1O. The van der Waals surface area contributed by atoms with Gasteiger partial charge in [-0.25, -0.2) is 0 Å². The Labute approximate surface area is 114 Å². The Balaban J connectivity index is 1.80. The van der Waals surface area contributed by atoms with Gasteiger partial charge in [-0.2, -0.15) is 5.10 Å². The molecule has 0 aliphatic rings. The monoisotopic (exact) mass is 271 g/mol. The van der Waals surface area contributed by atoms with E-state index in [1.165, 1.54) is 6.07 Å². The van der Waals surface area contributed by atoms with Crippen LogP contribution in [0.3, 0.4) is 0 Å². The van der Waals surface area contributed by atoms with Crippen LogP contribution >= 0.6 is 0 Å². The minimum Gasteiger partial charge on any atom is -0.504 e. The van der Waals surface area contributed by atoms with Crippen molar-refractivity contribution in [3.05, 3.63) is 42.1 Å². The number of benzene rings is 2. The van der Waals surface area contributed by atoms with Crippen LogP contribution in [-0.2, 0) is 6.54 Å². The Hall–Kier alpha value is -2.89. The van der Waals surface area contributed by atoms with Gasteiger partial charge in [0, 0.05) is 23.2 Å². The van der Waals surface area contributed by atoms with Crippen LogP contribution in [0.1, 0.15) is 5.56 Å². The first-order valence-corrected chi connectivity index (χ1v) is 6.05. The van der Waals surface area contributed by atoms with E-state index >= 15 is 0 Å². The molecule has 0 saturated carbocycles. The predicted molar refractivity (Wildman–Crippen MR) is 74.9 cm³/mol. The van der Waals surface area contributed by atoms with Gasteiger partial charge in [-0.05, 0) is 30.3 Å². The molecular weight excluding hydrogens is 258 g/mol. The zero-order chi connectivity index (χ0) is 14.1. The highest BCUT2D eigenvalue weighted by Gasteiger charge is 2.10. The van der Waals surface area contributed by atoms with Gasteiger partial charge in [0.1, 0.15) is 0 Å². The maximum Gasteiger partial charge on any atom is 0.200 e. The van der Waals surface area contributed by atoms with Crippen molar-refractivity contribution < 1.29 is 15.3 Å². The Morgan fingerprint density at radius 3 is 2.75 bits per heavy atom. The summed E-state index contributed by atoms with van der Waals surface area (Å²) in [5, 5.41) is 39.4. The fraction of sp³-hybridized carbons (Fsp3) is 0.0714. The van der Waals surface area contributed by atoms with Gasteiger partial charge in [0.25, 0.3) is 0 Å². The normalized spacial score (nSPS) is 10.8. The Bertz CT molecular complexity index is 767. The van der Waals surface area contributed by atoms with E-state index in [-0.39, 0.29) is 11.5 Å². The molecule has 20 heavy (non-hydrogen) atoms. The summed E-state index contributed by atoms with van der Waals surface area (Å²) in [4.78, 5) is 0. The van der Waals surface area contributed by atoms with Gasteiger partial charge in [-0.1, -0.05) is 0 Å². The second kappa shape index (κ2) is 4.65. The molecule has 1 heterocycles. The number of nitrogens with one attached hydrogen (secondary N) is 2. The van der Waals surface area contributed by atoms with E-state index in [0.717, 1.165) is 16.6 Å². The molecule has 5 N–H and O–H groups in total. The van der Waals surface area contributed by atoms with Gasteiger partial charge in [0.15, 0.2) is 11.5 Å². The average Bonchev–Trinajstić information content (AvgIpc) is 2.91. The molecule has 0 radical (unpaired) electrons. The van der Waals surface area contributed by atoms with E-state index in [0.29, 0.717) is 12.1 Å². The van der Waals surface area contributed by atoms with E-state index in [1.54, 1.807) is 12.3 Å². The summed E-state index contributed by atoms with van der Waals surface area (Å²) >= 11 is 0. The fourth-order valence-electron chi connectivity index (χ4n) is 2.00. The average molecular weight is 271 g/mol. The van der Waals surface area contributed by atoms with Crippen molar-refractivity contribution in [1.29, 1.82) is 0 Å². The molecule has 2 aromatic carbocycles. The van der Waals surface area contributed by atoms with Crippen LogP contribution in [0.5, 0.6) is 17.2 Å². The molecule has 0 spiro atoms. The van der Waals surface area contributed by atoms with Crippen LogP contribution < -0.4 is 5.32 Å². The predicted octanol–water partition coefficient (Wildman–Crippen LogP) is 2.29. The maximum absolute atomic E-state index is 9.73. The zero-order valence-corrected chi connectivity index (χ0v) is 10.5. The standard InChI is InChI=1S/C14H13N3O3/c18-12-4-1-8(13(19)14(12)20)6-15-10-2-3-11-9(5-10)7-16-17-11/h1-5,7,15,18-20H,6H2,(H,16,17). The molecule has 0 unspecified atom stereocenters. The van der Waals surface area contributed by atoms with Crippen molar-refractivity contribution >= 4 is 16.6 Å². The highest BCUT2D eigenvalue weighted by atomic mass is 16.3. The lowest BCUT2D eigenvalue weighted by Crippen LogP contribution is -1.99. The van der Waals surface area contributed by atoms with Crippen LogP contribution in [0.15, 0.2) is 36.5 Å². The number of anilines is 1. The van der Waals surface area contributed by atoms with E-state index in [4.69, 9.17) is 0 Å². The van der Waals surface area contributed by atoms with Gasteiger partial charge in [-0.15, -0.1) is 0 Å². The van der Waals surface area contributed by atoms with Crippen molar-refractivity contribution in [2.45, 2.75) is 6.54 Å². The Morgan fingerprint density at radius 1 is 1.05 bits per heavy atom. The number of phenolic OH excluding ortho intramolecular Hbond substituents is 3. The first-order chi connectivity index (χ1) is 9.65. The highest BCUT2D eigenvalue weighted by Crippen LogP contribution is 2.37. The summed E-state index contributed by atoms with van der Waals surface area (Å²) in [5.74, 6) is -1.16. The van der Waals surface area contributed by atoms with E-state index in [9.17, 15) is 15.3 Å². The number of aromatic hydroxyl groups is 3. The number of aromatic nitrogens is 2. The van der Waals surface area contributed by atoms with Gasteiger partial charge in [0.2, 0.25) is 5.75 Å². The van der Waals surface area contributed by atoms with Crippen LogP contribution in [0.2, 0.25) is 0 Å². The summed E-state index contributed by atoms with van der Waals surface area (Å²) in [5.41, 5.74) is 2.30. The Morgan fingerprint density at radius 2 is 1.90 bits per heavy atom. The molecule has 6 nitrogen and oxygen atoms in total. The van der Waals surface area contributed by atoms with Gasteiger partial charge >= 0.3 is 0 Å². The lowest BCUT2D eigenvalue weighted by Gasteiger charge is -2.10. The van der Waals surface area contributed by atoms with Crippen molar-refractivity contribution in [2.75, 3.05) is 5.32 Å².